The number of benzene rings is 1. The minimum Gasteiger partial charge on any atom is -0.481 e. The van der Waals surface area contributed by atoms with Crippen molar-refractivity contribution in [1.29, 1.82) is 0 Å². The van der Waals surface area contributed by atoms with Gasteiger partial charge in [-0.3, -0.25) is 4.79 Å². The highest BCUT2D eigenvalue weighted by Gasteiger charge is 2.53. The molecule has 1 aromatic carbocycles. The minimum absolute atomic E-state index is 0.00246. The summed E-state index contributed by atoms with van der Waals surface area (Å²) in [6.45, 7) is 0.353. The molecule has 0 spiro atoms. The Morgan fingerprint density at radius 1 is 1.23 bits per heavy atom. The summed E-state index contributed by atoms with van der Waals surface area (Å²) < 4.78 is 38.8. The van der Waals surface area contributed by atoms with Gasteiger partial charge in [0, 0.05) is 19.6 Å². The molecule has 0 bridgehead atoms. The van der Waals surface area contributed by atoms with Crippen molar-refractivity contribution in [1.82, 2.24) is 4.90 Å². The zero-order valence-electron chi connectivity index (χ0n) is 12.0. The zero-order chi connectivity index (χ0) is 15.9. The van der Waals surface area contributed by atoms with Crippen LogP contribution in [-0.4, -0.2) is 41.8 Å². The molecular weight excluding hydrogens is 295 g/mol. The van der Waals surface area contributed by atoms with Crippen LogP contribution in [0.1, 0.15) is 17.9 Å². The maximum atomic E-state index is 12.9. The summed E-state index contributed by atoms with van der Waals surface area (Å²) in [7, 11) is 0. The Morgan fingerprint density at radius 2 is 1.91 bits per heavy atom. The Bertz CT molecular complexity index is 546. The van der Waals surface area contributed by atoms with Crippen molar-refractivity contribution < 1.29 is 23.1 Å². The molecule has 0 aromatic heterocycles. The number of hydrogen-bond acceptors (Lipinski definition) is 2. The van der Waals surface area contributed by atoms with Crippen molar-refractivity contribution in [3.8, 4) is 0 Å². The quantitative estimate of drug-likeness (QED) is 0.929. The molecule has 1 N–H and O–H groups in total. The number of likely N-dealkylation sites (tertiary alicyclic amines) is 1. The molecule has 22 heavy (non-hydrogen) atoms. The van der Waals surface area contributed by atoms with Crippen LogP contribution in [0.2, 0.25) is 0 Å². The lowest BCUT2D eigenvalue weighted by Crippen LogP contribution is -2.33. The van der Waals surface area contributed by atoms with E-state index in [1.54, 1.807) is 4.90 Å². The summed E-state index contributed by atoms with van der Waals surface area (Å²) in [6.07, 6.45) is -3.48. The smallest absolute Gasteiger partial charge is 0.393 e. The minimum atomic E-state index is -4.44. The van der Waals surface area contributed by atoms with E-state index in [0.29, 0.717) is 18.4 Å². The van der Waals surface area contributed by atoms with Gasteiger partial charge < -0.3 is 10.0 Å². The lowest BCUT2D eigenvalue weighted by Gasteiger charge is -2.18. The second-order valence-corrected chi connectivity index (χ2v) is 6.32. The molecule has 3 nitrogen and oxygen atoms in total. The molecule has 120 valence electrons. The molecule has 1 heterocycles. The third-order valence-electron chi connectivity index (χ3n) is 4.78. The number of carboxylic acid groups (broad SMARTS) is 1. The summed E-state index contributed by atoms with van der Waals surface area (Å²) in [6, 6.07) is 9.93. The van der Waals surface area contributed by atoms with Gasteiger partial charge in [0.1, 0.15) is 0 Å². The average Bonchev–Trinajstić information content (AvgIpc) is 3.06. The van der Waals surface area contributed by atoms with E-state index >= 15 is 0 Å². The second kappa shape index (κ2) is 5.57. The van der Waals surface area contributed by atoms with Crippen molar-refractivity contribution in [2.45, 2.75) is 18.5 Å². The first-order valence-corrected chi connectivity index (χ1v) is 7.43. The van der Waals surface area contributed by atoms with Gasteiger partial charge in [0.15, 0.2) is 0 Å². The summed E-state index contributed by atoms with van der Waals surface area (Å²) in [5.41, 5.74) is 1.22. The van der Waals surface area contributed by atoms with Gasteiger partial charge in [0.25, 0.3) is 0 Å². The van der Waals surface area contributed by atoms with Crippen molar-refractivity contribution >= 4 is 5.97 Å². The molecule has 1 saturated carbocycles. The van der Waals surface area contributed by atoms with Gasteiger partial charge >= 0.3 is 12.1 Å². The standard InChI is InChI=1S/C16H18F3NO2/c17-16(18,19)14-9-20(8-13(14)15(21)22)7-11-6-12(11)10-4-2-1-3-5-10/h1-5,11-14H,6-9H2,(H,21,22)/t11-,12-,13+,14+/m0/s1. The van der Waals surface area contributed by atoms with Crippen LogP contribution in [0.5, 0.6) is 0 Å². The molecule has 4 atom stereocenters. The number of carboxylic acids is 1. The predicted molar refractivity (Wildman–Crippen MR) is 74.4 cm³/mol. The van der Waals surface area contributed by atoms with E-state index in [1.165, 1.54) is 5.56 Å². The fourth-order valence-corrected chi connectivity index (χ4v) is 3.51. The molecule has 2 fully saturated rings. The third kappa shape index (κ3) is 3.11. The van der Waals surface area contributed by atoms with Crippen LogP contribution in [0.25, 0.3) is 0 Å². The molecule has 1 saturated heterocycles. The van der Waals surface area contributed by atoms with Crippen molar-refractivity contribution in [3.63, 3.8) is 0 Å². The molecule has 1 aromatic rings. The van der Waals surface area contributed by atoms with E-state index in [1.807, 2.05) is 30.3 Å². The third-order valence-corrected chi connectivity index (χ3v) is 4.78. The van der Waals surface area contributed by atoms with Crippen molar-refractivity contribution in [3.05, 3.63) is 35.9 Å². The first kappa shape index (κ1) is 15.3. The first-order chi connectivity index (χ1) is 10.4. The Morgan fingerprint density at radius 3 is 2.45 bits per heavy atom. The largest absolute Gasteiger partial charge is 0.481 e. The van der Waals surface area contributed by atoms with E-state index in [9.17, 15) is 18.0 Å². The molecule has 2 aliphatic rings. The highest BCUT2D eigenvalue weighted by atomic mass is 19.4. The van der Waals surface area contributed by atoms with E-state index in [4.69, 9.17) is 5.11 Å². The summed E-state index contributed by atoms with van der Waals surface area (Å²) in [5, 5.41) is 9.02. The normalized spacial score (nSPS) is 32.1. The Labute approximate surface area is 126 Å². The van der Waals surface area contributed by atoms with Gasteiger partial charge in [0.05, 0.1) is 11.8 Å². The van der Waals surface area contributed by atoms with Gasteiger partial charge in [-0.05, 0) is 23.8 Å². The topological polar surface area (TPSA) is 40.5 Å². The van der Waals surface area contributed by atoms with Crippen LogP contribution in [0, 0.1) is 17.8 Å². The highest BCUT2D eigenvalue weighted by molar-refractivity contribution is 5.71. The van der Waals surface area contributed by atoms with Gasteiger partial charge in [-0.2, -0.15) is 13.2 Å². The summed E-state index contributed by atoms with van der Waals surface area (Å²) in [4.78, 5) is 12.7. The summed E-state index contributed by atoms with van der Waals surface area (Å²) in [5.74, 6) is -3.70. The van der Waals surface area contributed by atoms with Crippen LogP contribution < -0.4 is 0 Å². The number of aliphatic carboxylic acids is 1. The van der Waals surface area contributed by atoms with Gasteiger partial charge in [-0.15, -0.1) is 0 Å². The Kier molecular flexibility index (Phi) is 3.89. The summed E-state index contributed by atoms with van der Waals surface area (Å²) >= 11 is 0. The van der Waals surface area contributed by atoms with Crippen LogP contribution >= 0.6 is 0 Å². The molecule has 0 unspecified atom stereocenters. The first-order valence-electron chi connectivity index (χ1n) is 7.43. The lowest BCUT2D eigenvalue weighted by atomic mass is 9.96. The van der Waals surface area contributed by atoms with Crippen molar-refractivity contribution in [2.24, 2.45) is 17.8 Å². The monoisotopic (exact) mass is 313 g/mol. The Balaban J connectivity index is 1.60. The predicted octanol–water partition coefficient (Wildman–Crippen LogP) is 2.99. The Hall–Kier alpha value is -1.56. The molecular formula is C16H18F3NO2. The van der Waals surface area contributed by atoms with Crippen molar-refractivity contribution in [2.75, 3.05) is 19.6 Å². The molecule has 0 radical (unpaired) electrons. The number of nitrogens with zero attached hydrogens (tertiary/aromatic N) is 1. The molecule has 6 heteroatoms. The number of rotatable bonds is 4. The molecule has 3 rings (SSSR count). The number of alkyl halides is 3. The zero-order valence-corrected chi connectivity index (χ0v) is 12.0. The number of halogens is 3. The van der Waals surface area contributed by atoms with Gasteiger partial charge in [0.2, 0.25) is 0 Å². The second-order valence-electron chi connectivity index (χ2n) is 6.32. The van der Waals surface area contributed by atoms with E-state index < -0.39 is 24.0 Å². The van der Waals surface area contributed by atoms with Gasteiger partial charge in [-0.25, -0.2) is 0 Å². The fraction of sp³-hybridized carbons (Fsp3) is 0.562. The van der Waals surface area contributed by atoms with Gasteiger partial charge in [-0.1, -0.05) is 30.3 Å². The maximum absolute atomic E-state index is 12.9. The highest BCUT2D eigenvalue weighted by Crippen LogP contribution is 2.49. The van der Waals surface area contributed by atoms with Crippen LogP contribution in [0.4, 0.5) is 13.2 Å². The SMILES string of the molecule is O=C(O)[C@@H]1CN(C[C@@H]2C[C@H]2c2ccccc2)C[C@H]1C(F)(F)F. The lowest BCUT2D eigenvalue weighted by molar-refractivity contribution is -0.188. The van der Waals surface area contributed by atoms with Crippen LogP contribution in [-0.2, 0) is 4.79 Å². The van der Waals surface area contributed by atoms with Crippen LogP contribution in [0.3, 0.4) is 0 Å². The molecule has 0 amide bonds. The number of hydrogen-bond donors (Lipinski definition) is 1. The van der Waals surface area contributed by atoms with Crippen LogP contribution in [0.15, 0.2) is 30.3 Å². The average molecular weight is 313 g/mol. The fourth-order valence-electron chi connectivity index (χ4n) is 3.51. The maximum Gasteiger partial charge on any atom is 0.393 e. The van der Waals surface area contributed by atoms with E-state index in [2.05, 4.69) is 0 Å². The van der Waals surface area contributed by atoms with E-state index in [-0.39, 0.29) is 13.1 Å². The molecule has 1 aliphatic carbocycles. The van der Waals surface area contributed by atoms with E-state index in [0.717, 1.165) is 6.42 Å². The number of carbonyl (C=O) groups is 1. The molecule has 1 aliphatic heterocycles.